The third-order valence-corrected chi connectivity index (χ3v) is 2.22. The molecule has 1 atom stereocenters. The van der Waals surface area contributed by atoms with E-state index in [9.17, 15) is 13.6 Å². The summed E-state index contributed by atoms with van der Waals surface area (Å²) >= 11 is 5.68. The molecule has 0 bridgehead atoms. The maximum Gasteiger partial charge on any atom is 0.254 e. The van der Waals surface area contributed by atoms with Gasteiger partial charge < -0.3 is 5.32 Å². The number of alkyl halides is 1. The van der Waals surface area contributed by atoms with Gasteiger partial charge in [0.2, 0.25) is 0 Å². The number of hydrogen-bond donors (Lipinski definition) is 1. The first-order chi connectivity index (χ1) is 7.50. The van der Waals surface area contributed by atoms with Crippen LogP contribution < -0.4 is 5.32 Å². The Morgan fingerprint density at radius 3 is 2.81 bits per heavy atom. The molecule has 0 aromatic heterocycles. The fraction of sp³-hybridized carbons (Fsp3) is 0.364. The van der Waals surface area contributed by atoms with Gasteiger partial charge in [-0.3, -0.25) is 4.79 Å². The lowest BCUT2D eigenvalue weighted by atomic mass is 10.2. The number of nitrogens with one attached hydrogen (secondary N) is 1. The van der Waals surface area contributed by atoms with Gasteiger partial charge in [0, 0.05) is 11.9 Å². The normalized spacial score (nSPS) is 12.2. The average molecular weight is 248 g/mol. The summed E-state index contributed by atoms with van der Waals surface area (Å²) in [5, 5.41) is 2.40. The van der Waals surface area contributed by atoms with Gasteiger partial charge in [0.25, 0.3) is 5.91 Å². The molecule has 0 saturated carbocycles. The number of rotatable bonds is 4. The number of benzene rings is 1. The lowest BCUT2D eigenvalue weighted by Gasteiger charge is -2.07. The van der Waals surface area contributed by atoms with E-state index in [2.05, 4.69) is 5.32 Å². The standard InChI is InChI=1S/C11H12ClF2NO/c1-7(12)4-5-15-11(16)9-6-8(13)2-3-10(9)14/h2-3,6-7H,4-5H2,1H3,(H,15,16). The van der Waals surface area contributed by atoms with Gasteiger partial charge >= 0.3 is 0 Å². The number of hydrogen-bond acceptors (Lipinski definition) is 1. The molecule has 1 rings (SSSR count). The number of carbonyl (C=O) groups is 1. The molecule has 1 amide bonds. The van der Waals surface area contributed by atoms with Crippen LogP contribution in [0.5, 0.6) is 0 Å². The van der Waals surface area contributed by atoms with E-state index in [0.29, 0.717) is 13.0 Å². The maximum absolute atomic E-state index is 13.2. The first-order valence-corrected chi connectivity index (χ1v) is 5.31. The van der Waals surface area contributed by atoms with Gasteiger partial charge in [0.05, 0.1) is 5.56 Å². The highest BCUT2D eigenvalue weighted by Gasteiger charge is 2.12. The quantitative estimate of drug-likeness (QED) is 0.815. The molecule has 1 unspecified atom stereocenters. The second-order valence-corrected chi connectivity index (χ2v) is 4.19. The Morgan fingerprint density at radius 1 is 1.50 bits per heavy atom. The first kappa shape index (κ1) is 12.9. The van der Waals surface area contributed by atoms with Crippen LogP contribution in [0.3, 0.4) is 0 Å². The van der Waals surface area contributed by atoms with Crippen molar-refractivity contribution in [2.24, 2.45) is 0 Å². The van der Waals surface area contributed by atoms with Crippen molar-refractivity contribution in [3.05, 3.63) is 35.4 Å². The molecule has 1 N–H and O–H groups in total. The minimum atomic E-state index is -0.738. The highest BCUT2D eigenvalue weighted by Crippen LogP contribution is 2.09. The van der Waals surface area contributed by atoms with Crippen molar-refractivity contribution in [1.29, 1.82) is 0 Å². The Labute approximate surface area is 97.6 Å². The van der Waals surface area contributed by atoms with Gasteiger partial charge in [-0.1, -0.05) is 0 Å². The molecule has 0 saturated heterocycles. The summed E-state index contributed by atoms with van der Waals surface area (Å²) in [5.41, 5.74) is -0.290. The minimum absolute atomic E-state index is 0.0716. The number of halogens is 3. The molecule has 2 nitrogen and oxygen atoms in total. The van der Waals surface area contributed by atoms with Crippen LogP contribution in [0.15, 0.2) is 18.2 Å². The topological polar surface area (TPSA) is 29.1 Å². The van der Waals surface area contributed by atoms with E-state index in [-0.39, 0.29) is 10.9 Å². The van der Waals surface area contributed by atoms with Crippen LogP contribution in [-0.2, 0) is 0 Å². The van der Waals surface area contributed by atoms with Crippen LogP contribution in [0, 0.1) is 11.6 Å². The van der Waals surface area contributed by atoms with Crippen molar-refractivity contribution in [2.75, 3.05) is 6.54 Å². The summed E-state index contributed by atoms with van der Waals surface area (Å²) in [7, 11) is 0. The Morgan fingerprint density at radius 2 is 2.19 bits per heavy atom. The van der Waals surface area contributed by atoms with Crippen molar-refractivity contribution in [2.45, 2.75) is 18.7 Å². The van der Waals surface area contributed by atoms with Crippen molar-refractivity contribution in [3.63, 3.8) is 0 Å². The summed E-state index contributed by atoms with van der Waals surface area (Å²) in [4.78, 5) is 11.4. The third-order valence-electron chi connectivity index (χ3n) is 2.00. The molecule has 5 heteroatoms. The Balaban J connectivity index is 2.62. The van der Waals surface area contributed by atoms with Gasteiger partial charge in [0.1, 0.15) is 11.6 Å². The second-order valence-electron chi connectivity index (χ2n) is 3.45. The van der Waals surface area contributed by atoms with Gasteiger partial charge in [-0.25, -0.2) is 8.78 Å². The van der Waals surface area contributed by atoms with Gasteiger partial charge in [-0.05, 0) is 31.5 Å². The van der Waals surface area contributed by atoms with Crippen molar-refractivity contribution in [3.8, 4) is 0 Å². The predicted molar refractivity (Wildman–Crippen MR) is 58.6 cm³/mol. The van der Waals surface area contributed by atoms with Crippen LogP contribution >= 0.6 is 11.6 Å². The molecule has 0 radical (unpaired) electrons. The third kappa shape index (κ3) is 3.77. The highest BCUT2D eigenvalue weighted by atomic mass is 35.5. The molecule has 1 aromatic carbocycles. The number of carbonyl (C=O) groups excluding carboxylic acids is 1. The lowest BCUT2D eigenvalue weighted by molar-refractivity contribution is 0.0949. The molecular weight excluding hydrogens is 236 g/mol. The van der Waals surface area contributed by atoms with Crippen molar-refractivity contribution >= 4 is 17.5 Å². The van der Waals surface area contributed by atoms with E-state index in [1.54, 1.807) is 6.92 Å². The summed E-state index contributed by atoms with van der Waals surface area (Å²) in [6.07, 6.45) is 0.574. The van der Waals surface area contributed by atoms with E-state index in [1.807, 2.05) is 0 Å². The monoisotopic (exact) mass is 247 g/mol. The summed E-state index contributed by atoms with van der Waals surface area (Å²) < 4.78 is 25.9. The molecule has 1 aromatic rings. The van der Waals surface area contributed by atoms with Gasteiger partial charge in [-0.2, -0.15) is 0 Å². The van der Waals surface area contributed by atoms with E-state index < -0.39 is 17.5 Å². The fourth-order valence-electron chi connectivity index (χ4n) is 1.15. The molecule has 88 valence electrons. The summed E-state index contributed by atoms with van der Waals surface area (Å²) in [5.74, 6) is -2.01. The zero-order chi connectivity index (χ0) is 12.1. The van der Waals surface area contributed by atoms with Crippen LogP contribution in [0.4, 0.5) is 8.78 Å². The molecule has 0 spiro atoms. The first-order valence-electron chi connectivity index (χ1n) is 4.88. The van der Waals surface area contributed by atoms with Crippen molar-refractivity contribution in [1.82, 2.24) is 5.32 Å². The van der Waals surface area contributed by atoms with E-state index in [4.69, 9.17) is 11.6 Å². The number of amides is 1. The maximum atomic E-state index is 13.2. The van der Waals surface area contributed by atoms with E-state index in [1.165, 1.54) is 0 Å². The molecule has 0 aliphatic carbocycles. The Hall–Kier alpha value is -1.16. The molecule has 0 heterocycles. The van der Waals surface area contributed by atoms with Crippen LogP contribution in [0.2, 0.25) is 0 Å². The molecular formula is C11H12ClF2NO. The summed E-state index contributed by atoms with van der Waals surface area (Å²) in [6.45, 7) is 2.12. The predicted octanol–water partition coefficient (Wildman–Crippen LogP) is 2.71. The zero-order valence-electron chi connectivity index (χ0n) is 8.77. The molecule has 16 heavy (non-hydrogen) atoms. The SMILES string of the molecule is CC(Cl)CCNC(=O)c1cc(F)ccc1F. The van der Waals surface area contributed by atoms with Crippen LogP contribution in [0.25, 0.3) is 0 Å². The summed E-state index contributed by atoms with van der Waals surface area (Å²) in [6, 6.07) is 2.76. The minimum Gasteiger partial charge on any atom is -0.352 e. The van der Waals surface area contributed by atoms with E-state index in [0.717, 1.165) is 18.2 Å². The largest absolute Gasteiger partial charge is 0.352 e. The zero-order valence-corrected chi connectivity index (χ0v) is 9.52. The van der Waals surface area contributed by atoms with Crippen LogP contribution in [-0.4, -0.2) is 17.8 Å². The van der Waals surface area contributed by atoms with Crippen molar-refractivity contribution < 1.29 is 13.6 Å². The molecule has 0 fully saturated rings. The smallest absolute Gasteiger partial charge is 0.254 e. The highest BCUT2D eigenvalue weighted by molar-refractivity contribution is 6.20. The second kappa shape index (κ2) is 5.80. The Kier molecular flexibility index (Phi) is 4.68. The average Bonchev–Trinajstić information content (AvgIpc) is 2.21. The van der Waals surface area contributed by atoms with Gasteiger partial charge in [-0.15, -0.1) is 11.6 Å². The lowest BCUT2D eigenvalue weighted by Crippen LogP contribution is -2.26. The van der Waals surface area contributed by atoms with Crippen LogP contribution in [0.1, 0.15) is 23.7 Å². The fourth-order valence-corrected chi connectivity index (χ4v) is 1.26. The molecule has 0 aliphatic rings. The van der Waals surface area contributed by atoms with Gasteiger partial charge in [0.15, 0.2) is 0 Å². The molecule has 0 aliphatic heterocycles. The Bertz CT molecular complexity index is 382. The van der Waals surface area contributed by atoms with E-state index >= 15 is 0 Å².